The van der Waals surface area contributed by atoms with Crippen molar-refractivity contribution in [1.29, 1.82) is 0 Å². The van der Waals surface area contributed by atoms with E-state index in [9.17, 15) is 13.2 Å². The van der Waals surface area contributed by atoms with Gasteiger partial charge in [0.15, 0.2) is 0 Å². The Kier molecular flexibility index (Phi) is 6.42. The molecule has 0 aliphatic heterocycles. The maximum Gasteiger partial charge on any atom is 0.390 e. The predicted molar refractivity (Wildman–Crippen MR) is 71.0 cm³/mol. The van der Waals surface area contributed by atoms with Crippen LogP contribution in [-0.4, -0.2) is 17.3 Å². The molecule has 0 saturated heterocycles. The van der Waals surface area contributed by atoms with Crippen molar-refractivity contribution in [2.75, 3.05) is 6.54 Å². The van der Waals surface area contributed by atoms with Gasteiger partial charge >= 0.3 is 6.18 Å². The largest absolute Gasteiger partial charge is 0.390 e. The summed E-state index contributed by atoms with van der Waals surface area (Å²) < 4.78 is 38.1. The monoisotopic (exact) mass is 276 g/mol. The van der Waals surface area contributed by atoms with Crippen LogP contribution in [0.4, 0.5) is 13.2 Å². The number of aromatic nitrogens is 1. The summed E-state index contributed by atoms with van der Waals surface area (Å²) >= 11 is 0. The average molecular weight is 276 g/mol. The topological polar surface area (TPSA) is 17.0 Å². The average Bonchev–Trinajstić information content (AvgIpc) is 2.80. The van der Waals surface area contributed by atoms with Gasteiger partial charge in [0.25, 0.3) is 0 Å². The molecule has 0 bridgehead atoms. The van der Waals surface area contributed by atoms with Crippen LogP contribution in [0.3, 0.4) is 0 Å². The Morgan fingerprint density at radius 2 is 2.00 bits per heavy atom. The van der Waals surface area contributed by atoms with E-state index in [-0.39, 0.29) is 12.6 Å². The van der Waals surface area contributed by atoms with Gasteiger partial charge in [0.05, 0.1) is 6.42 Å². The van der Waals surface area contributed by atoms with E-state index in [0.29, 0.717) is 0 Å². The van der Waals surface area contributed by atoms with Crippen molar-refractivity contribution in [3.63, 3.8) is 0 Å². The second kappa shape index (κ2) is 7.58. The highest BCUT2D eigenvalue weighted by Crippen LogP contribution is 2.22. The number of hydrogen-bond donors (Lipinski definition) is 1. The lowest BCUT2D eigenvalue weighted by Gasteiger charge is -2.16. The van der Waals surface area contributed by atoms with Gasteiger partial charge in [-0.05, 0) is 31.0 Å². The van der Waals surface area contributed by atoms with E-state index in [0.717, 1.165) is 31.4 Å². The van der Waals surface area contributed by atoms with Crippen LogP contribution in [0.25, 0.3) is 0 Å². The summed E-state index contributed by atoms with van der Waals surface area (Å²) in [5, 5.41) is 3.44. The van der Waals surface area contributed by atoms with Gasteiger partial charge in [-0.25, -0.2) is 0 Å². The zero-order valence-corrected chi connectivity index (χ0v) is 11.6. The normalized spacial score (nSPS) is 13.7. The number of rotatable bonds is 8. The number of nitrogens with zero attached hydrogens (tertiary/aromatic N) is 1. The van der Waals surface area contributed by atoms with Gasteiger partial charge in [0, 0.05) is 25.0 Å². The van der Waals surface area contributed by atoms with Crippen molar-refractivity contribution in [1.82, 2.24) is 9.88 Å². The van der Waals surface area contributed by atoms with Crippen molar-refractivity contribution in [3.05, 3.63) is 24.0 Å². The first-order valence-corrected chi connectivity index (χ1v) is 6.92. The summed E-state index contributed by atoms with van der Waals surface area (Å²) in [6.45, 7) is 5.14. The van der Waals surface area contributed by atoms with Crippen LogP contribution in [0.15, 0.2) is 18.5 Å². The van der Waals surface area contributed by atoms with Crippen LogP contribution in [-0.2, 0) is 6.54 Å². The number of aryl methyl sites for hydroxylation is 1. The Labute approximate surface area is 113 Å². The highest BCUT2D eigenvalue weighted by Gasteiger charge is 2.26. The minimum atomic E-state index is -4.09. The maximum atomic E-state index is 12.2. The molecule has 0 aromatic carbocycles. The zero-order chi connectivity index (χ0) is 14.3. The van der Waals surface area contributed by atoms with Crippen LogP contribution in [0.5, 0.6) is 0 Å². The highest BCUT2D eigenvalue weighted by molar-refractivity contribution is 5.15. The first-order chi connectivity index (χ1) is 8.96. The SMILES string of the molecule is CCCNC(CCC)c1ccn(CCC(F)(F)F)c1. The van der Waals surface area contributed by atoms with E-state index < -0.39 is 12.6 Å². The Hall–Kier alpha value is -0.970. The molecule has 1 rings (SSSR count). The summed E-state index contributed by atoms with van der Waals surface area (Å²) in [4.78, 5) is 0. The Balaban J connectivity index is 2.59. The Morgan fingerprint density at radius 3 is 2.58 bits per heavy atom. The van der Waals surface area contributed by atoms with Gasteiger partial charge in [-0.15, -0.1) is 0 Å². The first kappa shape index (κ1) is 16.1. The highest BCUT2D eigenvalue weighted by atomic mass is 19.4. The van der Waals surface area contributed by atoms with E-state index in [1.807, 2.05) is 12.3 Å². The van der Waals surface area contributed by atoms with Crippen molar-refractivity contribution in [2.45, 2.75) is 58.3 Å². The molecule has 1 unspecified atom stereocenters. The van der Waals surface area contributed by atoms with E-state index in [2.05, 4.69) is 19.2 Å². The van der Waals surface area contributed by atoms with Crippen LogP contribution in [0.1, 0.15) is 51.1 Å². The summed E-state index contributed by atoms with van der Waals surface area (Å²) in [5.41, 5.74) is 1.08. The predicted octanol–water partition coefficient (Wildman–Crippen LogP) is 4.28. The van der Waals surface area contributed by atoms with Gasteiger partial charge in [0.1, 0.15) is 0 Å². The second-order valence-corrected chi connectivity index (χ2v) is 4.84. The molecule has 1 atom stereocenters. The Morgan fingerprint density at radius 1 is 1.26 bits per heavy atom. The van der Waals surface area contributed by atoms with Crippen molar-refractivity contribution in [2.24, 2.45) is 0 Å². The first-order valence-electron chi connectivity index (χ1n) is 6.92. The number of halogens is 3. The second-order valence-electron chi connectivity index (χ2n) is 4.84. The van der Waals surface area contributed by atoms with Crippen LogP contribution in [0, 0.1) is 0 Å². The lowest BCUT2D eigenvalue weighted by Crippen LogP contribution is -2.21. The molecule has 0 fully saturated rings. The van der Waals surface area contributed by atoms with Gasteiger partial charge in [-0.2, -0.15) is 13.2 Å². The van der Waals surface area contributed by atoms with E-state index in [1.54, 1.807) is 10.8 Å². The molecule has 0 aliphatic carbocycles. The number of alkyl halides is 3. The molecule has 0 spiro atoms. The Bertz CT molecular complexity index is 358. The fourth-order valence-electron chi connectivity index (χ4n) is 2.05. The summed E-state index contributed by atoms with van der Waals surface area (Å²) in [6.07, 6.45) is 1.80. The van der Waals surface area contributed by atoms with Crippen LogP contribution < -0.4 is 5.32 Å². The minimum Gasteiger partial charge on any atom is -0.354 e. The van der Waals surface area contributed by atoms with Gasteiger partial charge in [0.2, 0.25) is 0 Å². The molecule has 0 radical (unpaired) electrons. The summed E-state index contributed by atoms with van der Waals surface area (Å²) in [7, 11) is 0. The molecule has 1 heterocycles. The van der Waals surface area contributed by atoms with Crippen molar-refractivity contribution < 1.29 is 13.2 Å². The van der Waals surface area contributed by atoms with Gasteiger partial charge in [-0.1, -0.05) is 20.3 Å². The molecule has 1 aromatic rings. The lowest BCUT2D eigenvalue weighted by molar-refractivity contribution is -0.136. The number of nitrogens with one attached hydrogen (secondary N) is 1. The molecular weight excluding hydrogens is 253 g/mol. The van der Waals surface area contributed by atoms with E-state index >= 15 is 0 Å². The van der Waals surface area contributed by atoms with Crippen molar-refractivity contribution in [3.8, 4) is 0 Å². The molecule has 0 aliphatic rings. The van der Waals surface area contributed by atoms with E-state index in [1.165, 1.54) is 0 Å². The summed E-state index contributed by atoms with van der Waals surface area (Å²) in [6, 6.07) is 2.16. The van der Waals surface area contributed by atoms with Crippen LogP contribution in [0.2, 0.25) is 0 Å². The third kappa shape index (κ3) is 6.14. The van der Waals surface area contributed by atoms with Crippen molar-refractivity contribution >= 4 is 0 Å². The fourth-order valence-corrected chi connectivity index (χ4v) is 2.05. The molecule has 2 nitrogen and oxygen atoms in total. The molecular formula is C14H23F3N2. The molecule has 1 aromatic heterocycles. The molecule has 19 heavy (non-hydrogen) atoms. The smallest absolute Gasteiger partial charge is 0.354 e. The number of hydrogen-bond acceptors (Lipinski definition) is 1. The van der Waals surface area contributed by atoms with Crippen LogP contribution >= 0.6 is 0 Å². The quantitative estimate of drug-likeness (QED) is 0.750. The molecule has 0 saturated carbocycles. The molecule has 5 heteroatoms. The maximum absolute atomic E-state index is 12.2. The third-order valence-corrected chi connectivity index (χ3v) is 3.05. The molecule has 110 valence electrons. The standard InChI is InChI=1S/C14H23F3N2/c1-3-5-13(18-8-4-2)12-6-9-19(11-12)10-7-14(15,16)17/h6,9,11,13,18H,3-5,7-8,10H2,1-2H3. The van der Waals surface area contributed by atoms with Gasteiger partial charge < -0.3 is 9.88 Å². The summed E-state index contributed by atoms with van der Waals surface area (Å²) in [5.74, 6) is 0. The van der Waals surface area contributed by atoms with E-state index in [4.69, 9.17) is 0 Å². The lowest BCUT2D eigenvalue weighted by atomic mass is 10.1. The fraction of sp³-hybridized carbons (Fsp3) is 0.714. The zero-order valence-electron chi connectivity index (χ0n) is 11.6. The molecule has 1 N–H and O–H groups in total. The molecule has 0 amide bonds. The van der Waals surface area contributed by atoms with Gasteiger partial charge in [-0.3, -0.25) is 0 Å². The third-order valence-electron chi connectivity index (χ3n) is 3.05. The minimum absolute atomic E-state index is 0.00385.